The number of carbonyl (C=O) groups is 3. The molecule has 0 fully saturated rings. The van der Waals surface area contributed by atoms with Crippen LogP contribution in [0.4, 0.5) is 5.69 Å². The lowest BCUT2D eigenvalue weighted by Gasteiger charge is -2.25. The zero-order chi connectivity index (χ0) is 14.9. The van der Waals surface area contributed by atoms with E-state index < -0.39 is 11.4 Å². The number of hydrogen-bond donors (Lipinski definition) is 2. The van der Waals surface area contributed by atoms with E-state index in [9.17, 15) is 14.4 Å². The van der Waals surface area contributed by atoms with Crippen LogP contribution >= 0.6 is 15.9 Å². The summed E-state index contributed by atoms with van der Waals surface area (Å²) in [5.74, 6) is -1.47. The van der Waals surface area contributed by atoms with E-state index in [0.29, 0.717) is 11.3 Å². The van der Waals surface area contributed by atoms with Gasteiger partial charge in [0.25, 0.3) is 0 Å². The van der Waals surface area contributed by atoms with Crippen LogP contribution < -0.4 is 5.32 Å². The predicted octanol–water partition coefficient (Wildman–Crippen LogP) is 2.48. The number of ketones is 1. The minimum absolute atomic E-state index is 0.0619. The highest BCUT2D eigenvalue weighted by Gasteiger charge is 2.48. The number of hydrogen-bond acceptors (Lipinski definition) is 3. The SMILES string of the molecule is CC(=O)CC[C@]1(CC(=O)O)C(=O)Nc2cc(Br)ccc21. The van der Waals surface area contributed by atoms with E-state index in [1.165, 1.54) is 6.92 Å². The first kappa shape index (κ1) is 14.7. The van der Waals surface area contributed by atoms with Crippen molar-refractivity contribution in [2.75, 3.05) is 5.32 Å². The van der Waals surface area contributed by atoms with Gasteiger partial charge in [0.15, 0.2) is 0 Å². The first-order valence-electron chi connectivity index (χ1n) is 6.18. The number of carboxylic acids is 1. The molecule has 1 aliphatic rings. The number of amides is 1. The van der Waals surface area contributed by atoms with Crippen LogP contribution in [0.3, 0.4) is 0 Å². The van der Waals surface area contributed by atoms with Gasteiger partial charge in [0.05, 0.1) is 11.8 Å². The summed E-state index contributed by atoms with van der Waals surface area (Å²) in [5.41, 5.74) is 0.0941. The second-order valence-corrected chi connectivity index (χ2v) is 5.91. The molecule has 0 saturated heterocycles. The fourth-order valence-corrected chi connectivity index (χ4v) is 2.92. The van der Waals surface area contributed by atoms with Crippen molar-refractivity contribution in [3.63, 3.8) is 0 Å². The summed E-state index contributed by atoms with van der Waals surface area (Å²) < 4.78 is 0.800. The van der Waals surface area contributed by atoms with Gasteiger partial charge in [-0.05, 0) is 31.0 Å². The predicted molar refractivity (Wildman–Crippen MR) is 76.6 cm³/mol. The van der Waals surface area contributed by atoms with Crippen LogP contribution in [0.2, 0.25) is 0 Å². The van der Waals surface area contributed by atoms with Crippen LogP contribution in [0.5, 0.6) is 0 Å². The molecule has 5 nitrogen and oxygen atoms in total. The van der Waals surface area contributed by atoms with E-state index in [-0.39, 0.29) is 31.0 Å². The molecule has 1 aliphatic heterocycles. The van der Waals surface area contributed by atoms with Crippen molar-refractivity contribution in [2.45, 2.75) is 31.6 Å². The Balaban J connectivity index is 2.48. The number of nitrogens with one attached hydrogen (secondary N) is 1. The molecule has 2 N–H and O–H groups in total. The Hall–Kier alpha value is -1.69. The van der Waals surface area contributed by atoms with E-state index in [2.05, 4.69) is 21.2 Å². The van der Waals surface area contributed by atoms with Crippen LogP contribution in [-0.4, -0.2) is 22.8 Å². The Labute approximate surface area is 124 Å². The standard InChI is InChI=1S/C14H14BrNO4/c1-8(17)4-5-14(7-12(18)19)10-3-2-9(15)6-11(10)16-13(14)20/h2-3,6H,4-5,7H2,1H3,(H,16,20)(H,18,19)/t14-/m1/s1. The van der Waals surface area contributed by atoms with Gasteiger partial charge in [0, 0.05) is 16.6 Å². The minimum Gasteiger partial charge on any atom is -0.481 e. The second-order valence-electron chi connectivity index (χ2n) is 5.00. The first-order valence-corrected chi connectivity index (χ1v) is 6.97. The summed E-state index contributed by atoms with van der Waals surface area (Å²) in [5, 5.41) is 11.8. The van der Waals surface area contributed by atoms with Crippen LogP contribution in [0.1, 0.15) is 31.7 Å². The number of halogens is 1. The number of anilines is 1. The van der Waals surface area contributed by atoms with Crippen molar-refractivity contribution in [2.24, 2.45) is 0 Å². The fraction of sp³-hybridized carbons (Fsp3) is 0.357. The number of carboxylic acid groups (broad SMARTS) is 1. The monoisotopic (exact) mass is 339 g/mol. The molecule has 1 aromatic carbocycles. The average Bonchev–Trinajstić information content (AvgIpc) is 2.58. The lowest BCUT2D eigenvalue weighted by molar-refractivity contribution is -0.141. The molecule has 1 heterocycles. The van der Waals surface area contributed by atoms with E-state index in [0.717, 1.165) is 4.47 Å². The maximum atomic E-state index is 12.3. The number of carbonyl (C=O) groups excluding carboxylic acids is 2. The number of rotatable bonds is 5. The van der Waals surface area contributed by atoms with Gasteiger partial charge < -0.3 is 15.2 Å². The molecule has 106 valence electrons. The molecule has 1 aromatic rings. The van der Waals surface area contributed by atoms with Gasteiger partial charge in [0.2, 0.25) is 5.91 Å². The highest BCUT2D eigenvalue weighted by molar-refractivity contribution is 9.10. The second kappa shape index (κ2) is 5.36. The summed E-state index contributed by atoms with van der Waals surface area (Å²) in [6.45, 7) is 1.43. The lowest BCUT2D eigenvalue weighted by Crippen LogP contribution is -2.37. The van der Waals surface area contributed by atoms with Crippen molar-refractivity contribution in [3.8, 4) is 0 Å². The maximum Gasteiger partial charge on any atom is 0.304 e. The molecule has 1 amide bonds. The average molecular weight is 340 g/mol. The summed E-state index contributed by atoms with van der Waals surface area (Å²) in [7, 11) is 0. The van der Waals surface area contributed by atoms with Crippen molar-refractivity contribution in [1.29, 1.82) is 0 Å². The van der Waals surface area contributed by atoms with E-state index >= 15 is 0 Å². The molecular weight excluding hydrogens is 326 g/mol. The molecule has 0 aromatic heterocycles. The Kier molecular flexibility index (Phi) is 3.94. The van der Waals surface area contributed by atoms with Gasteiger partial charge in [-0.1, -0.05) is 22.0 Å². The van der Waals surface area contributed by atoms with E-state index in [1.807, 2.05) is 0 Å². The van der Waals surface area contributed by atoms with Gasteiger partial charge in [-0.2, -0.15) is 0 Å². The fourth-order valence-electron chi connectivity index (χ4n) is 2.56. The highest BCUT2D eigenvalue weighted by atomic mass is 79.9. The smallest absolute Gasteiger partial charge is 0.304 e. The molecule has 0 saturated carbocycles. The Morgan fingerprint density at radius 3 is 2.70 bits per heavy atom. The van der Waals surface area contributed by atoms with Crippen molar-refractivity contribution >= 4 is 39.3 Å². The first-order chi connectivity index (χ1) is 9.35. The minimum atomic E-state index is -1.16. The van der Waals surface area contributed by atoms with Crippen LogP contribution in [0.15, 0.2) is 22.7 Å². The maximum absolute atomic E-state index is 12.3. The van der Waals surface area contributed by atoms with Crippen LogP contribution in [0, 0.1) is 0 Å². The molecule has 0 bridgehead atoms. The van der Waals surface area contributed by atoms with Gasteiger partial charge >= 0.3 is 5.97 Å². The molecule has 1 atom stereocenters. The molecule has 0 aliphatic carbocycles. The van der Waals surface area contributed by atoms with Crippen molar-refractivity contribution in [1.82, 2.24) is 0 Å². The Morgan fingerprint density at radius 1 is 1.40 bits per heavy atom. The third-order valence-corrected chi connectivity index (χ3v) is 4.03. The van der Waals surface area contributed by atoms with E-state index in [1.54, 1.807) is 18.2 Å². The van der Waals surface area contributed by atoms with Crippen LogP contribution in [0.25, 0.3) is 0 Å². The molecule has 0 spiro atoms. The number of benzene rings is 1. The molecule has 6 heteroatoms. The lowest BCUT2D eigenvalue weighted by atomic mass is 9.74. The van der Waals surface area contributed by atoms with Gasteiger partial charge in [-0.25, -0.2) is 0 Å². The summed E-state index contributed by atoms with van der Waals surface area (Å²) in [6.07, 6.45) is 0.0616. The molecular formula is C14H14BrNO4. The molecule has 0 unspecified atom stereocenters. The van der Waals surface area contributed by atoms with Crippen molar-refractivity contribution in [3.05, 3.63) is 28.2 Å². The Morgan fingerprint density at radius 2 is 2.10 bits per heavy atom. The van der Waals surface area contributed by atoms with Crippen LogP contribution in [-0.2, 0) is 19.8 Å². The zero-order valence-corrected chi connectivity index (χ0v) is 12.5. The number of Topliss-reactive ketones (excluding diaryl/α,β-unsaturated/α-hetero) is 1. The molecule has 2 rings (SSSR count). The van der Waals surface area contributed by atoms with Gasteiger partial charge in [-0.15, -0.1) is 0 Å². The van der Waals surface area contributed by atoms with Gasteiger partial charge in [0.1, 0.15) is 5.78 Å². The third-order valence-electron chi connectivity index (χ3n) is 3.54. The summed E-state index contributed by atoms with van der Waals surface area (Å²) in [4.78, 5) is 34.7. The normalized spacial score (nSPS) is 20.4. The van der Waals surface area contributed by atoms with Crippen molar-refractivity contribution < 1.29 is 19.5 Å². The van der Waals surface area contributed by atoms with Gasteiger partial charge in [-0.3, -0.25) is 9.59 Å². The summed E-state index contributed by atoms with van der Waals surface area (Å²) in [6, 6.07) is 5.24. The zero-order valence-electron chi connectivity index (χ0n) is 10.9. The third kappa shape index (κ3) is 2.60. The molecule has 20 heavy (non-hydrogen) atoms. The number of aliphatic carboxylic acids is 1. The quantitative estimate of drug-likeness (QED) is 0.863. The largest absolute Gasteiger partial charge is 0.481 e. The summed E-state index contributed by atoms with van der Waals surface area (Å²) >= 11 is 3.31. The highest BCUT2D eigenvalue weighted by Crippen LogP contribution is 2.44. The topological polar surface area (TPSA) is 83.5 Å². The Bertz CT molecular complexity index is 599. The number of fused-ring (bicyclic) bond motifs is 1. The van der Waals surface area contributed by atoms with E-state index in [4.69, 9.17) is 5.11 Å². The molecule has 0 radical (unpaired) electrons.